The van der Waals surface area contributed by atoms with Crippen LogP contribution >= 0.6 is 0 Å². The molecule has 0 fully saturated rings. The van der Waals surface area contributed by atoms with Gasteiger partial charge in [0.1, 0.15) is 5.75 Å². The Labute approximate surface area is 182 Å². The second-order valence-corrected chi connectivity index (χ2v) is 7.64. The number of hydrogen-bond donors (Lipinski definition) is 0. The molecular weight excluding hydrogens is 376 g/mol. The predicted octanol–water partition coefficient (Wildman–Crippen LogP) is 6.47. The highest BCUT2D eigenvalue weighted by Gasteiger charge is 2.04. The number of nitrogens with zero attached hydrogens (tertiary/aromatic N) is 2. The summed E-state index contributed by atoms with van der Waals surface area (Å²) in [7, 11) is 0. The fourth-order valence-corrected chi connectivity index (χ4v) is 3.24. The summed E-state index contributed by atoms with van der Waals surface area (Å²) in [5.74, 6) is 2.29. The number of ether oxygens (including phenoxy) is 3. The quantitative estimate of drug-likeness (QED) is 0.295. The van der Waals surface area contributed by atoms with Gasteiger partial charge in [0, 0.05) is 12.2 Å². The second-order valence-electron chi connectivity index (χ2n) is 7.64. The number of rotatable bonds is 16. The molecule has 0 aliphatic rings. The van der Waals surface area contributed by atoms with Crippen LogP contribution in [0.5, 0.6) is 11.5 Å². The van der Waals surface area contributed by atoms with Crippen LogP contribution in [-0.2, 0) is 4.74 Å². The van der Waals surface area contributed by atoms with Gasteiger partial charge in [-0.2, -0.15) is 0 Å². The molecule has 0 bridgehead atoms. The third-order valence-corrected chi connectivity index (χ3v) is 4.98. The molecule has 0 saturated heterocycles. The van der Waals surface area contributed by atoms with E-state index in [-0.39, 0.29) is 6.10 Å². The highest BCUT2D eigenvalue weighted by molar-refractivity contribution is 5.56. The normalized spacial score (nSPS) is 12.0. The molecular formula is C25H38N2O3. The van der Waals surface area contributed by atoms with Crippen LogP contribution in [0.3, 0.4) is 0 Å². The van der Waals surface area contributed by atoms with Crippen molar-refractivity contribution in [2.75, 3.05) is 19.8 Å². The average molecular weight is 415 g/mol. The van der Waals surface area contributed by atoms with Gasteiger partial charge in [-0.05, 0) is 57.4 Å². The number of aromatic nitrogens is 2. The van der Waals surface area contributed by atoms with E-state index in [0.29, 0.717) is 12.4 Å². The summed E-state index contributed by atoms with van der Waals surface area (Å²) in [6.07, 6.45) is 13.3. The molecule has 1 heterocycles. The SMILES string of the molecule is CCCCCCCCOc1cnc(-c2ccc(OCCCC(C)OCC)cc2)nc1. The molecule has 5 nitrogen and oxygen atoms in total. The molecule has 0 N–H and O–H groups in total. The molecule has 0 radical (unpaired) electrons. The van der Waals surface area contributed by atoms with E-state index in [1.54, 1.807) is 12.4 Å². The lowest BCUT2D eigenvalue weighted by Gasteiger charge is -2.12. The van der Waals surface area contributed by atoms with Crippen molar-refractivity contribution in [3.63, 3.8) is 0 Å². The van der Waals surface area contributed by atoms with Crippen LogP contribution in [-0.4, -0.2) is 35.9 Å². The van der Waals surface area contributed by atoms with Gasteiger partial charge in [0.05, 0.1) is 31.7 Å². The van der Waals surface area contributed by atoms with Gasteiger partial charge in [0.25, 0.3) is 0 Å². The first-order valence-electron chi connectivity index (χ1n) is 11.5. The Hall–Kier alpha value is -2.14. The minimum atomic E-state index is 0.288. The van der Waals surface area contributed by atoms with Crippen molar-refractivity contribution in [3.05, 3.63) is 36.7 Å². The first kappa shape index (κ1) is 24.1. The molecule has 2 rings (SSSR count). The van der Waals surface area contributed by atoms with Crippen molar-refractivity contribution in [2.24, 2.45) is 0 Å². The highest BCUT2D eigenvalue weighted by Crippen LogP contribution is 2.21. The molecule has 166 valence electrons. The van der Waals surface area contributed by atoms with E-state index in [4.69, 9.17) is 14.2 Å². The Balaban J connectivity index is 1.69. The third kappa shape index (κ3) is 9.57. The lowest BCUT2D eigenvalue weighted by Crippen LogP contribution is -2.09. The maximum absolute atomic E-state index is 5.81. The van der Waals surface area contributed by atoms with Gasteiger partial charge < -0.3 is 14.2 Å². The average Bonchev–Trinajstić information content (AvgIpc) is 2.77. The molecule has 1 atom stereocenters. The Kier molecular flexibility index (Phi) is 11.9. The molecule has 0 aliphatic heterocycles. The molecule has 0 spiro atoms. The Morgan fingerprint density at radius 3 is 2.10 bits per heavy atom. The zero-order valence-electron chi connectivity index (χ0n) is 18.9. The van der Waals surface area contributed by atoms with Crippen LogP contribution in [0.25, 0.3) is 11.4 Å². The van der Waals surface area contributed by atoms with E-state index >= 15 is 0 Å². The first-order chi connectivity index (χ1) is 14.7. The predicted molar refractivity (Wildman–Crippen MR) is 122 cm³/mol. The Morgan fingerprint density at radius 1 is 0.767 bits per heavy atom. The largest absolute Gasteiger partial charge is 0.494 e. The molecule has 30 heavy (non-hydrogen) atoms. The summed E-state index contributed by atoms with van der Waals surface area (Å²) in [6.45, 7) is 8.54. The van der Waals surface area contributed by atoms with Crippen LogP contribution < -0.4 is 9.47 Å². The van der Waals surface area contributed by atoms with E-state index in [0.717, 1.165) is 49.5 Å². The lowest BCUT2D eigenvalue weighted by molar-refractivity contribution is 0.0658. The van der Waals surface area contributed by atoms with Crippen molar-refractivity contribution in [1.82, 2.24) is 9.97 Å². The third-order valence-electron chi connectivity index (χ3n) is 4.98. The molecule has 1 aromatic carbocycles. The number of benzene rings is 1. The molecule has 1 unspecified atom stereocenters. The maximum Gasteiger partial charge on any atom is 0.159 e. The van der Waals surface area contributed by atoms with Crippen LogP contribution in [0, 0.1) is 0 Å². The minimum Gasteiger partial charge on any atom is -0.494 e. The molecule has 0 saturated carbocycles. The fraction of sp³-hybridized carbons (Fsp3) is 0.600. The summed E-state index contributed by atoms with van der Waals surface area (Å²) in [6, 6.07) is 7.91. The van der Waals surface area contributed by atoms with Gasteiger partial charge in [-0.15, -0.1) is 0 Å². The van der Waals surface area contributed by atoms with E-state index in [2.05, 4.69) is 23.8 Å². The minimum absolute atomic E-state index is 0.288. The van der Waals surface area contributed by atoms with E-state index in [1.165, 1.54) is 32.1 Å². The van der Waals surface area contributed by atoms with E-state index < -0.39 is 0 Å². The summed E-state index contributed by atoms with van der Waals surface area (Å²) in [4.78, 5) is 8.88. The molecule has 0 aliphatic carbocycles. The summed E-state index contributed by atoms with van der Waals surface area (Å²) >= 11 is 0. The van der Waals surface area contributed by atoms with Gasteiger partial charge in [0.2, 0.25) is 0 Å². The van der Waals surface area contributed by atoms with Gasteiger partial charge in [-0.1, -0.05) is 39.0 Å². The summed E-state index contributed by atoms with van der Waals surface area (Å²) < 4.78 is 17.1. The van der Waals surface area contributed by atoms with Crippen molar-refractivity contribution in [1.29, 1.82) is 0 Å². The van der Waals surface area contributed by atoms with Crippen LogP contribution in [0.1, 0.15) is 72.1 Å². The molecule has 0 amide bonds. The van der Waals surface area contributed by atoms with E-state index in [9.17, 15) is 0 Å². The summed E-state index contributed by atoms with van der Waals surface area (Å²) in [5, 5.41) is 0. The number of hydrogen-bond acceptors (Lipinski definition) is 5. The van der Waals surface area contributed by atoms with Crippen molar-refractivity contribution in [3.8, 4) is 22.9 Å². The first-order valence-corrected chi connectivity index (χ1v) is 11.5. The molecule has 2 aromatic rings. The van der Waals surface area contributed by atoms with E-state index in [1.807, 2.05) is 31.2 Å². The highest BCUT2D eigenvalue weighted by atomic mass is 16.5. The van der Waals surface area contributed by atoms with Gasteiger partial charge >= 0.3 is 0 Å². The van der Waals surface area contributed by atoms with Crippen LogP contribution in [0.2, 0.25) is 0 Å². The maximum atomic E-state index is 5.81. The topological polar surface area (TPSA) is 53.5 Å². The molecule has 5 heteroatoms. The smallest absolute Gasteiger partial charge is 0.159 e. The molecule has 1 aromatic heterocycles. The van der Waals surface area contributed by atoms with Crippen molar-refractivity contribution in [2.45, 2.75) is 78.2 Å². The number of unbranched alkanes of at least 4 members (excludes halogenated alkanes) is 5. The van der Waals surface area contributed by atoms with Crippen molar-refractivity contribution < 1.29 is 14.2 Å². The van der Waals surface area contributed by atoms with Gasteiger partial charge in [-0.3, -0.25) is 0 Å². The van der Waals surface area contributed by atoms with Gasteiger partial charge in [0.15, 0.2) is 11.6 Å². The Morgan fingerprint density at radius 2 is 1.40 bits per heavy atom. The lowest BCUT2D eigenvalue weighted by atomic mass is 10.1. The monoisotopic (exact) mass is 414 g/mol. The second kappa shape index (κ2) is 14.8. The zero-order valence-corrected chi connectivity index (χ0v) is 18.9. The standard InChI is InChI=1S/C25H38N2O3/c1-4-6-7-8-9-10-17-30-24-19-26-25(27-20-24)22-13-15-23(16-14-22)29-18-11-12-21(3)28-5-2/h13-16,19-21H,4-12,17-18H2,1-3H3. The Bertz CT molecular complexity index is 674. The zero-order chi connectivity index (χ0) is 21.4. The van der Waals surface area contributed by atoms with Crippen LogP contribution in [0.4, 0.5) is 0 Å². The van der Waals surface area contributed by atoms with Crippen LogP contribution in [0.15, 0.2) is 36.7 Å². The summed E-state index contributed by atoms with van der Waals surface area (Å²) in [5.41, 5.74) is 0.967. The van der Waals surface area contributed by atoms with Crippen molar-refractivity contribution >= 4 is 0 Å². The van der Waals surface area contributed by atoms with Gasteiger partial charge in [-0.25, -0.2) is 9.97 Å². The fourth-order valence-electron chi connectivity index (χ4n) is 3.24.